The van der Waals surface area contributed by atoms with Gasteiger partial charge in [-0.2, -0.15) is 0 Å². The lowest BCUT2D eigenvalue weighted by Gasteiger charge is -2.24. The Kier molecular flexibility index (Phi) is 3.97. The summed E-state index contributed by atoms with van der Waals surface area (Å²) in [6.45, 7) is 2.33. The Balaban J connectivity index is 1.75. The summed E-state index contributed by atoms with van der Waals surface area (Å²) in [5.74, 6) is 2.22. The molecule has 1 aliphatic heterocycles. The van der Waals surface area contributed by atoms with Gasteiger partial charge in [-0.1, -0.05) is 37.3 Å². The van der Waals surface area contributed by atoms with Crippen LogP contribution in [-0.4, -0.2) is 12.9 Å². The predicted octanol–water partition coefficient (Wildman–Crippen LogP) is 3.27. The molecule has 3 rings (SSSR count). The van der Waals surface area contributed by atoms with Crippen LogP contribution in [0.15, 0.2) is 48.5 Å². The van der Waals surface area contributed by atoms with Gasteiger partial charge in [0.2, 0.25) is 6.79 Å². The van der Waals surface area contributed by atoms with Gasteiger partial charge in [-0.25, -0.2) is 0 Å². The molecule has 0 radical (unpaired) electrons. The van der Waals surface area contributed by atoms with Crippen LogP contribution in [0.3, 0.4) is 0 Å². The quantitative estimate of drug-likeness (QED) is 0.916. The first-order valence-corrected chi connectivity index (χ1v) is 7.14. The molecule has 2 N–H and O–H groups in total. The van der Waals surface area contributed by atoms with Crippen molar-refractivity contribution < 1.29 is 14.2 Å². The van der Waals surface area contributed by atoms with E-state index in [0.29, 0.717) is 0 Å². The highest BCUT2D eigenvalue weighted by atomic mass is 16.7. The summed E-state index contributed by atoms with van der Waals surface area (Å²) in [5, 5.41) is 0. The molecule has 1 heterocycles. The van der Waals surface area contributed by atoms with Gasteiger partial charge in [0.05, 0.1) is 6.04 Å². The molecule has 1 aliphatic rings. The van der Waals surface area contributed by atoms with Crippen LogP contribution in [0.4, 0.5) is 0 Å². The van der Waals surface area contributed by atoms with Crippen LogP contribution < -0.4 is 19.9 Å². The summed E-state index contributed by atoms with van der Waals surface area (Å²) < 4.78 is 16.7. The number of ether oxygens (including phenoxy) is 3. The van der Waals surface area contributed by atoms with Crippen molar-refractivity contribution in [2.24, 2.45) is 5.73 Å². The highest BCUT2D eigenvalue weighted by Gasteiger charge is 2.21. The van der Waals surface area contributed by atoms with E-state index in [9.17, 15) is 0 Å². The fourth-order valence-electron chi connectivity index (χ4n) is 2.43. The molecule has 0 saturated heterocycles. The Hall–Kier alpha value is -2.20. The largest absolute Gasteiger partial charge is 0.488 e. The topological polar surface area (TPSA) is 53.7 Å². The highest BCUT2D eigenvalue weighted by molar-refractivity contribution is 5.47. The molecule has 0 aromatic heterocycles. The summed E-state index contributed by atoms with van der Waals surface area (Å²) >= 11 is 0. The molecule has 0 spiro atoms. The van der Waals surface area contributed by atoms with E-state index in [1.54, 1.807) is 0 Å². The van der Waals surface area contributed by atoms with Crippen molar-refractivity contribution in [3.63, 3.8) is 0 Å². The van der Waals surface area contributed by atoms with E-state index in [4.69, 9.17) is 19.9 Å². The Morgan fingerprint density at radius 2 is 1.86 bits per heavy atom. The maximum absolute atomic E-state index is 6.33. The zero-order chi connectivity index (χ0) is 14.7. The number of fused-ring (bicyclic) bond motifs is 1. The monoisotopic (exact) mass is 285 g/mol. The van der Waals surface area contributed by atoms with Crippen LogP contribution in [0.1, 0.15) is 24.9 Å². The molecule has 4 heteroatoms. The van der Waals surface area contributed by atoms with Gasteiger partial charge in [-0.3, -0.25) is 0 Å². The molecule has 0 aliphatic carbocycles. The average molecular weight is 285 g/mol. The Labute approximate surface area is 124 Å². The van der Waals surface area contributed by atoms with Crippen molar-refractivity contribution in [1.82, 2.24) is 0 Å². The summed E-state index contributed by atoms with van der Waals surface area (Å²) in [4.78, 5) is 0. The first-order valence-electron chi connectivity index (χ1n) is 7.14. The van der Waals surface area contributed by atoms with Crippen molar-refractivity contribution >= 4 is 0 Å². The molecule has 2 aromatic rings. The van der Waals surface area contributed by atoms with Gasteiger partial charge >= 0.3 is 0 Å². The average Bonchev–Trinajstić information content (AvgIpc) is 3.00. The predicted molar refractivity (Wildman–Crippen MR) is 80.6 cm³/mol. The smallest absolute Gasteiger partial charge is 0.231 e. The molecule has 21 heavy (non-hydrogen) atoms. The minimum atomic E-state index is -0.165. The number of benzene rings is 2. The van der Waals surface area contributed by atoms with Crippen LogP contribution in [0.25, 0.3) is 0 Å². The van der Waals surface area contributed by atoms with Crippen molar-refractivity contribution in [2.75, 3.05) is 6.79 Å². The van der Waals surface area contributed by atoms with Gasteiger partial charge in [-0.15, -0.1) is 0 Å². The van der Waals surface area contributed by atoms with E-state index in [0.717, 1.165) is 29.2 Å². The number of nitrogens with two attached hydrogens (primary N) is 1. The van der Waals surface area contributed by atoms with Crippen LogP contribution in [0, 0.1) is 0 Å². The minimum absolute atomic E-state index is 0.0900. The van der Waals surface area contributed by atoms with Crippen molar-refractivity contribution in [2.45, 2.75) is 25.5 Å². The molecule has 2 aromatic carbocycles. The number of rotatable bonds is 5. The van der Waals surface area contributed by atoms with Crippen molar-refractivity contribution in [3.05, 3.63) is 54.1 Å². The Morgan fingerprint density at radius 1 is 1.10 bits per heavy atom. The van der Waals surface area contributed by atoms with Gasteiger partial charge < -0.3 is 19.9 Å². The molecule has 4 nitrogen and oxygen atoms in total. The fourth-order valence-corrected chi connectivity index (χ4v) is 2.43. The van der Waals surface area contributed by atoms with Crippen LogP contribution in [-0.2, 0) is 0 Å². The second-order valence-corrected chi connectivity index (χ2v) is 5.02. The first-order chi connectivity index (χ1) is 10.3. The van der Waals surface area contributed by atoms with Gasteiger partial charge in [0.25, 0.3) is 0 Å². The number of hydrogen-bond acceptors (Lipinski definition) is 4. The lowest BCUT2D eigenvalue weighted by Crippen LogP contribution is -2.30. The minimum Gasteiger partial charge on any atom is -0.488 e. The van der Waals surface area contributed by atoms with E-state index in [2.05, 4.69) is 6.92 Å². The van der Waals surface area contributed by atoms with E-state index < -0.39 is 0 Å². The second kappa shape index (κ2) is 6.06. The Bertz CT molecular complexity index is 600. The number of hydrogen-bond donors (Lipinski definition) is 1. The molecule has 0 bridgehead atoms. The maximum Gasteiger partial charge on any atom is 0.231 e. The summed E-state index contributed by atoms with van der Waals surface area (Å²) in [5.41, 5.74) is 7.40. The first kappa shape index (κ1) is 13.8. The second-order valence-electron chi connectivity index (χ2n) is 5.02. The third-order valence-electron chi connectivity index (χ3n) is 3.62. The molecular weight excluding hydrogens is 266 g/mol. The summed E-state index contributed by atoms with van der Waals surface area (Å²) in [6.07, 6.45) is 0.734. The maximum atomic E-state index is 6.33. The van der Waals surface area contributed by atoms with Crippen molar-refractivity contribution in [1.29, 1.82) is 0 Å². The lowest BCUT2D eigenvalue weighted by molar-refractivity contribution is 0.164. The SMILES string of the molecule is CCC(Oc1ccc2c(c1)OCO2)C(N)c1ccccc1. The van der Waals surface area contributed by atoms with Crippen LogP contribution in [0.5, 0.6) is 17.2 Å². The normalized spacial score (nSPS) is 15.5. The van der Waals surface area contributed by atoms with Gasteiger partial charge in [-0.05, 0) is 24.1 Å². The third kappa shape index (κ3) is 2.95. The zero-order valence-electron chi connectivity index (χ0n) is 12.0. The zero-order valence-corrected chi connectivity index (χ0v) is 12.0. The van der Waals surface area contributed by atoms with E-state index in [1.165, 1.54) is 0 Å². The van der Waals surface area contributed by atoms with E-state index >= 15 is 0 Å². The van der Waals surface area contributed by atoms with Gasteiger partial charge in [0.1, 0.15) is 11.9 Å². The molecule has 2 unspecified atom stereocenters. The standard InChI is InChI=1S/C17H19NO3/c1-2-14(17(18)12-6-4-3-5-7-12)21-13-8-9-15-16(10-13)20-11-19-15/h3-10,14,17H,2,11,18H2,1H3. The van der Waals surface area contributed by atoms with Crippen LogP contribution >= 0.6 is 0 Å². The molecule has 2 atom stereocenters. The van der Waals surface area contributed by atoms with Gasteiger partial charge in [0.15, 0.2) is 11.5 Å². The molecule has 0 fully saturated rings. The summed E-state index contributed by atoms with van der Waals surface area (Å²) in [6, 6.07) is 15.4. The fraction of sp³-hybridized carbons (Fsp3) is 0.294. The molecule has 110 valence electrons. The molecule has 0 amide bonds. The highest BCUT2D eigenvalue weighted by Crippen LogP contribution is 2.36. The van der Waals surface area contributed by atoms with E-state index in [-0.39, 0.29) is 18.9 Å². The van der Waals surface area contributed by atoms with Crippen molar-refractivity contribution in [3.8, 4) is 17.2 Å². The van der Waals surface area contributed by atoms with Gasteiger partial charge in [0, 0.05) is 6.07 Å². The molecule has 0 saturated carbocycles. The van der Waals surface area contributed by atoms with E-state index in [1.807, 2.05) is 48.5 Å². The van der Waals surface area contributed by atoms with Crippen LogP contribution in [0.2, 0.25) is 0 Å². The Morgan fingerprint density at radius 3 is 2.62 bits per heavy atom. The molecular formula is C17H19NO3. The third-order valence-corrected chi connectivity index (χ3v) is 3.62. The summed E-state index contributed by atoms with van der Waals surface area (Å²) in [7, 11) is 0. The lowest BCUT2D eigenvalue weighted by atomic mass is 10.0.